The fourth-order valence-electron chi connectivity index (χ4n) is 1.54. The summed E-state index contributed by atoms with van der Waals surface area (Å²) in [5.41, 5.74) is 0. The topological polar surface area (TPSA) is 24.1 Å². The minimum Gasteiger partial charge on any atom is -0.363 e. The van der Waals surface area contributed by atoms with Crippen LogP contribution in [0.4, 0.5) is 0 Å². The van der Waals surface area contributed by atoms with Crippen LogP contribution in [0, 0.1) is 0 Å². The number of thioether (sulfide) groups is 1. The maximum atomic E-state index is 5.25. The van der Waals surface area contributed by atoms with Gasteiger partial charge in [-0.25, -0.2) is 0 Å². The average molecular weight is 262 g/mol. The zero-order valence-electron chi connectivity index (χ0n) is 11.1. The second-order valence-corrected chi connectivity index (χ2v) is 5.74. The lowest BCUT2D eigenvalue weighted by atomic mass is 10.0. The van der Waals surface area contributed by atoms with Crippen molar-refractivity contribution in [2.24, 2.45) is 0 Å². The molecule has 4 heteroatoms. The van der Waals surface area contributed by atoms with Crippen LogP contribution in [-0.2, 0) is 0 Å². The van der Waals surface area contributed by atoms with E-state index in [4.69, 9.17) is 12.2 Å². The van der Waals surface area contributed by atoms with Gasteiger partial charge in [0.2, 0.25) is 0 Å². The number of rotatable bonds is 8. The molecule has 0 aliphatic carbocycles. The summed E-state index contributed by atoms with van der Waals surface area (Å²) in [6, 6.07) is 0. The molecule has 0 aromatic carbocycles. The second kappa shape index (κ2) is 9.11. The largest absolute Gasteiger partial charge is 0.363 e. The molecule has 0 saturated heterocycles. The predicted molar refractivity (Wildman–Crippen MR) is 80.3 cm³/mol. The first-order chi connectivity index (χ1) is 7.64. The summed E-state index contributed by atoms with van der Waals surface area (Å²) < 4.78 is 0.330. The Labute approximate surface area is 110 Å². The third kappa shape index (κ3) is 5.94. The molecule has 96 valence electrons. The highest BCUT2D eigenvalue weighted by Gasteiger charge is 2.24. The number of hydrogen-bond donors (Lipinski definition) is 2. The minimum absolute atomic E-state index is 0.330. The average Bonchev–Trinajstić information content (AvgIpc) is 2.32. The van der Waals surface area contributed by atoms with E-state index in [1.54, 1.807) is 0 Å². The van der Waals surface area contributed by atoms with Gasteiger partial charge in [-0.15, -0.1) is 0 Å². The van der Waals surface area contributed by atoms with Crippen LogP contribution in [0.15, 0.2) is 0 Å². The van der Waals surface area contributed by atoms with Crippen LogP contribution in [0.3, 0.4) is 0 Å². The van der Waals surface area contributed by atoms with E-state index in [1.807, 2.05) is 11.8 Å². The number of hydrogen-bond acceptors (Lipinski definition) is 2. The molecule has 0 spiro atoms. The van der Waals surface area contributed by atoms with E-state index in [0.29, 0.717) is 4.75 Å². The van der Waals surface area contributed by atoms with Crippen molar-refractivity contribution in [2.45, 2.75) is 51.2 Å². The van der Waals surface area contributed by atoms with Crippen LogP contribution >= 0.6 is 24.0 Å². The highest BCUT2D eigenvalue weighted by atomic mass is 32.2. The lowest BCUT2D eigenvalue weighted by Crippen LogP contribution is -2.44. The molecule has 0 unspecified atom stereocenters. The predicted octanol–water partition coefficient (Wildman–Crippen LogP) is 3.17. The lowest BCUT2D eigenvalue weighted by Gasteiger charge is -2.30. The molecule has 0 radical (unpaired) electrons. The molecule has 0 fully saturated rings. The van der Waals surface area contributed by atoms with E-state index in [9.17, 15) is 0 Å². The van der Waals surface area contributed by atoms with Gasteiger partial charge in [0.1, 0.15) is 0 Å². The monoisotopic (exact) mass is 262 g/mol. The summed E-state index contributed by atoms with van der Waals surface area (Å²) in [5.74, 6) is 0. The van der Waals surface area contributed by atoms with Crippen LogP contribution < -0.4 is 10.6 Å². The summed E-state index contributed by atoms with van der Waals surface area (Å²) in [6.07, 6.45) is 6.91. The van der Waals surface area contributed by atoms with Crippen LogP contribution in [0.1, 0.15) is 46.5 Å². The Morgan fingerprint density at radius 1 is 1.19 bits per heavy atom. The normalized spacial score (nSPS) is 11.2. The number of thiocarbonyl (C=S) groups is 1. The van der Waals surface area contributed by atoms with Crippen LogP contribution in [0.2, 0.25) is 0 Å². The van der Waals surface area contributed by atoms with Crippen LogP contribution in [0.5, 0.6) is 0 Å². The number of nitrogens with one attached hydrogen (secondary N) is 2. The van der Waals surface area contributed by atoms with Gasteiger partial charge in [0, 0.05) is 17.8 Å². The smallest absolute Gasteiger partial charge is 0.166 e. The maximum Gasteiger partial charge on any atom is 0.166 e. The Bertz CT molecular complexity index is 183. The van der Waals surface area contributed by atoms with E-state index in [1.165, 1.54) is 25.7 Å². The fourth-order valence-corrected chi connectivity index (χ4v) is 2.51. The molecule has 0 amide bonds. The Morgan fingerprint density at radius 3 is 2.25 bits per heavy atom. The number of unbranched alkanes of at least 4 members (excludes halogenated alkanes) is 1. The van der Waals surface area contributed by atoms with Crippen molar-refractivity contribution >= 4 is 29.1 Å². The van der Waals surface area contributed by atoms with Crippen molar-refractivity contribution in [1.82, 2.24) is 10.6 Å². The molecule has 2 nitrogen and oxygen atoms in total. The second-order valence-electron chi connectivity index (χ2n) is 4.06. The fraction of sp³-hybridized carbons (Fsp3) is 0.917. The molecule has 16 heavy (non-hydrogen) atoms. The highest BCUT2D eigenvalue weighted by Crippen LogP contribution is 2.29. The summed E-state index contributed by atoms with van der Waals surface area (Å²) in [5, 5.41) is 7.37. The van der Waals surface area contributed by atoms with Crippen molar-refractivity contribution in [2.75, 3.05) is 19.3 Å². The van der Waals surface area contributed by atoms with Crippen molar-refractivity contribution < 1.29 is 0 Å². The van der Waals surface area contributed by atoms with Gasteiger partial charge < -0.3 is 10.6 Å². The Balaban J connectivity index is 3.87. The lowest BCUT2D eigenvalue weighted by molar-refractivity contribution is 0.534. The summed E-state index contributed by atoms with van der Waals surface area (Å²) in [6.45, 7) is 8.61. The molecule has 0 atom stereocenters. The van der Waals surface area contributed by atoms with Crippen molar-refractivity contribution in [3.8, 4) is 0 Å². The van der Waals surface area contributed by atoms with Crippen molar-refractivity contribution in [1.29, 1.82) is 0 Å². The van der Waals surface area contributed by atoms with E-state index in [0.717, 1.165) is 18.2 Å². The van der Waals surface area contributed by atoms with Gasteiger partial charge in [0.15, 0.2) is 5.11 Å². The molecular formula is C12H26N2S2. The molecule has 0 aromatic heterocycles. The molecule has 0 saturated carbocycles. The van der Waals surface area contributed by atoms with Gasteiger partial charge in [0.25, 0.3) is 0 Å². The SMILES string of the molecule is CCCCNC(=S)NCC(CC)(CC)SC. The summed E-state index contributed by atoms with van der Waals surface area (Å²) in [4.78, 5) is 0. The molecule has 2 N–H and O–H groups in total. The molecule has 0 bridgehead atoms. The van der Waals surface area contributed by atoms with Crippen molar-refractivity contribution in [3.63, 3.8) is 0 Å². The Hall–Kier alpha value is 0.0400. The van der Waals surface area contributed by atoms with E-state index in [-0.39, 0.29) is 0 Å². The Morgan fingerprint density at radius 2 is 1.81 bits per heavy atom. The molecule has 0 aromatic rings. The van der Waals surface area contributed by atoms with Crippen LogP contribution in [-0.4, -0.2) is 29.2 Å². The van der Waals surface area contributed by atoms with Gasteiger partial charge in [-0.3, -0.25) is 0 Å². The first-order valence-corrected chi connectivity index (χ1v) is 7.84. The quantitative estimate of drug-likeness (QED) is 0.518. The van der Waals surface area contributed by atoms with E-state index < -0.39 is 0 Å². The molecule has 0 aliphatic rings. The van der Waals surface area contributed by atoms with Gasteiger partial charge >= 0.3 is 0 Å². The van der Waals surface area contributed by atoms with Crippen LogP contribution in [0.25, 0.3) is 0 Å². The van der Waals surface area contributed by atoms with E-state index >= 15 is 0 Å². The van der Waals surface area contributed by atoms with Gasteiger partial charge in [-0.2, -0.15) is 11.8 Å². The summed E-state index contributed by atoms with van der Waals surface area (Å²) >= 11 is 7.19. The highest BCUT2D eigenvalue weighted by molar-refractivity contribution is 8.00. The van der Waals surface area contributed by atoms with Gasteiger partial charge in [-0.1, -0.05) is 27.2 Å². The van der Waals surface area contributed by atoms with Gasteiger partial charge in [-0.05, 0) is 37.7 Å². The molecule has 0 aliphatic heterocycles. The standard InChI is InChI=1S/C12H26N2S2/c1-5-8-9-13-11(15)14-10-12(6-2,7-3)16-4/h5-10H2,1-4H3,(H2,13,14,15). The first kappa shape index (κ1) is 16.0. The maximum absolute atomic E-state index is 5.25. The van der Waals surface area contributed by atoms with Gasteiger partial charge in [0.05, 0.1) is 0 Å². The van der Waals surface area contributed by atoms with E-state index in [2.05, 4.69) is 37.7 Å². The Kier molecular flexibility index (Phi) is 9.13. The third-order valence-electron chi connectivity index (χ3n) is 3.11. The molecule has 0 rings (SSSR count). The zero-order chi connectivity index (χ0) is 12.4. The molecular weight excluding hydrogens is 236 g/mol. The third-order valence-corrected chi connectivity index (χ3v) is 4.99. The summed E-state index contributed by atoms with van der Waals surface area (Å²) in [7, 11) is 0. The minimum atomic E-state index is 0.330. The first-order valence-electron chi connectivity index (χ1n) is 6.21. The molecule has 0 heterocycles. The van der Waals surface area contributed by atoms with Crippen molar-refractivity contribution in [3.05, 3.63) is 0 Å². The zero-order valence-corrected chi connectivity index (χ0v) is 12.7.